The van der Waals surface area contributed by atoms with Crippen molar-refractivity contribution in [2.45, 2.75) is 12.2 Å². The maximum Gasteiger partial charge on any atom is 0.106 e. The smallest absolute Gasteiger partial charge is 0.106 e. The first-order valence-corrected chi connectivity index (χ1v) is 5.40. The molecular formula is C12H16O4. The molecule has 0 amide bonds. The summed E-state index contributed by atoms with van der Waals surface area (Å²) in [5.41, 5.74) is 2.64. The summed E-state index contributed by atoms with van der Waals surface area (Å²) in [5, 5.41) is 15.2. The highest BCUT2D eigenvalue weighted by Crippen LogP contribution is 2.39. The molecule has 1 aromatic rings. The lowest BCUT2D eigenvalue weighted by Gasteiger charge is -2.02. The summed E-state index contributed by atoms with van der Waals surface area (Å²) in [6, 6.07) is 8.38. The Bertz CT molecular complexity index is 299. The predicted molar refractivity (Wildman–Crippen MR) is 58.0 cm³/mol. The van der Waals surface area contributed by atoms with Gasteiger partial charge >= 0.3 is 0 Å². The summed E-state index contributed by atoms with van der Waals surface area (Å²) >= 11 is 0. The number of hydrogen-bond donors (Lipinski definition) is 2. The van der Waals surface area contributed by atoms with Gasteiger partial charge in [-0.25, -0.2) is 0 Å². The third-order valence-corrected chi connectivity index (χ3v) is 2.46. The lowest BCUT2D eigenvalue weighted by atomic mass is 10.0. The van der Waals surface area contributed by atoms with Gasteiger partial charge in [-0.2, -0.15) is 0 Å². The van der Waals surface area contributed by atoms with Gasteiger partial charge in [-0.1, -0.05) is 24.3 Å². The number of aliphatic hydroxyl groups excluding tert-OH is 2. The molecule has 0 aromatic heterocycles. The minimum atomic E-state index is -0.125. The van der Waals surface area contributed by atoms with E-state index < -0.39 is 0 Å². The zero-order chi connectivity index (χ0) is 11.4. The minimum Gasteiger partial charge on any atom is -0.394 e. The highest BCUT2D eigenvalue weighted by molar-refractivity contribution is 5.34. The van der Waals surface area contributed by atoms with Crippen molar-refractivity contribution in [1.29, 1.82) is 0 Å². The van der Waals surface area contributed by atoms with Crippen LogP contribution in [0.15, 0.2) is 24.3 Å². The van der Waals surface area contributed by atoms with E-state index in [-0.39, 0.29) is 13.2 Å². The van der Waals surface area contributed by atoms with E-state index in [0.717, 1.165) is 13.2 Å². The molecule has 16 heavy (non-hydrogen) atoms. The zero-order valence-electron chi connectivity index (χ0n) is 9.00. The van der Waals surface area contributed by atoms with Crippen molar-refractivity contribution in [1.82, 2.24) is 0 Å². The molecule has 2 saturated heterocycles. The van der Waals surface area contributed by atoms with E-state index in [9.17, 15) is 0 Å². The summed E-state index contributed by atoms with van der Waals surface area (Å²) in [5.74, 6) is 0. The molecule has 2 aliphatic rings. The highest BCUT2D eigenvalue weighted by atomic mass is 16.6. The van der Waals surface area contributed by atoms with Crippen LogP contribution in [-0.4, -0.2) is 36.6 Å². The molecule has 0 spiro atoms. The van der Waals surface area contributed by atoms with Gasteiger partial charge in [0.1, 0.15) is 12.2 Å². The molecule has 0 bridgehead atoms. The van der Waals surface area contributed by atoms with Gasteiger partial charge in [-0.05, 0) is 11.1 Å². The van der Waals surface area contributed by atoms with E-state index in [0.29, 0.717) is 12.2 Å². The topological polar surface area (TPSA) is 65.5 Å². The van der Waals surface area contributed by atoms with Crippen molar-refractivity contribution < 1.29 is 19.7 Å². The van der Waals surface area contributed by atoms with E-state index in [4.69, 9.17) is 19.7 Å². The third kappa shape index (κ3) is 3.02. The standard InChI is InChI=1S/C10H10O2.C2H6O2/c1-2-4-8(10-6-12-10)7(3-1)9-5-11-9;3-1-2-4/h1-4,9-10H,5-6H2;3-4H,1-2H2. The van der Waals surface area contributed by atoms with Gasteiger partial charge < -0.3 is 19.7 Å². The SMILES string of the molecule is OCCO.c1ccc(C2CO2)c(C2CO2)c1. The highest BCUT2D eigenvalue weighted by Gasteiger charge is 2.33. The van der Waals surface area contributed by atoms with Crippen LogP contribution in [0.3, 0.4) is 0 Å². The summed E-state index contributed by atoms with van der Waals surface area (Å²) in [7, 11) is 0. The van der Waals surface area contributed by atoms with Crippen molar-refractivity contribution in [3.63, 3.8) is 0 Å². The Labute approximate surface area is 94.4 Å². The monoisotopic (exact) mass is 224 g/mol. The average Bonchev–Trinajstić information content (AvgIpc) is 3.22. The van der Waals surface area contributed by atoms with E-state index >= 15 is 0 Å². The number of benzene rings is 1. The van der Waals surface area contributed by atoms with Crippen molar-refractivity contribution in [3.05, 3.63) is 35.4 Å². The normalized spacial score (nSPS) is 25.6. The first kappa shape index (κ1) is 11.5. The second kappa shape index (κ2) is 5.41. The van der Waals surface area contributed by atoms with Crippen LogP contribution < -0.4 is 0 Å². The maximum atomic E-state index is 7.62. The Morgan fingerprint density at radius 1 is 0.938 bits per heavy atom. The van der Waals surface area contributed by atoms with E-state index in [1.807, 2.05) is 0 Å². The quantitative estimate of drug-likeness (QED) is 0.745. The molecule has 2 aliphatic heterocycles. The fraction of sp³-hybridized carbons (Fsp3) is 0.500. The van der Waals surface area contributed by atoms with Crippen LogP contribution in [0.4, 0.5) is 0 Å². The second-order valence-electron chi connectivity index (χ2n) is 3.72. The van der Waals surface area contributed by atoms with Crippen LogP contribution in [0.25, 0.3) is 0 Å². The van der Waals surface area contributed by atoms with Crippen molar-refractivity contribution >= 4 is 0 Å². The first-order valence-electron chi connectivity index (χ1n) is 5.40. The number of rotatable bonds is 3. The first-order chi connectivity index (χ1) is 7.86. The molecule has 1 aromatic carbocycles. The Morgan fingerprint density at radius 3 is 1.56 bits per heavy atom. The van der Waals surface area contributed by atoms with Crippen molar-refractivity contribution in [3.8, 4) is 0 Å². The van der Waals surface area contributed by atoms with Crippen LogP contribution in [-0.2, 0) is 9.47 Å². The number of aliphatic hydroxyl groups is 2. The number of hydrogen-bond acceptors (Lipinski definition) is 4. The minimum absolute atomic E-state index is 0.125. The van der Waals surface area contributed by atoms with Crippen molar-refractivity contribution in [2.75, 3.05) is 26.4 Å². The molecule has 4 heteroatoms. The Kier molecular flexibility index (Phi) is 3.90. The van der Waals surface area contributed by atoms with Crippen LogP contribution in [0.2, 0.25) is 0 Å². The largest absolute Gasteiger partial charge is 0.394 e. The predicted octanol–water partition coefficient (Wildman–Crippen LogP) is 0.800. The average molecular weight is 224 g/mol. The van der Waals surface area contributed by atoms with Crippen LogP contribution in [0.1, 0.15) is 23.3 Å². The van der Waals surface area contributed by atoms with E-state index in [1.54, 1.807) is 0 Å². The molecular weight excluding hydrogens is 208 g/mol. The molecule has 0 aliphatic carbocycles. The Balaban J connectivity index is 0.000000212. The number of ether oxygens (including phenoxy) is 2. The van der Waals surface area contributed by atoms with Gasteiger partial charge in [-0.3, -0.25) is 0 Å². The lowest BCUT2D eigenvalue weighted by Crippen LogP contribution is -1.89. The molecule has 0 saturated carbocycles. The summed E-state index contributed by atoms with van der Waals surface area (Å²) in [4.78, 5) is 0. The molecule has 88 valence electrons. The maximum absolute atomic E-state index is 7.62. The zero-order valence-corrected chi connectivity index (χ0v) is 9.00. The van der Waals surface area contributed by atoms with Gasteiger partial charge in [0, 0.05) is 0 Å². The van der Waals surface area contributed by atoms with E-state index in [1.165, 1.54) is 11.1 Å². The third-order valence-electron chi connectivity index (χ3n) is 2.46. The van der Waals surface area contributed by atoms with Gasteiger partial charge in [0.05, 0.1) is 26.4 Å². The summed E-state index contributed by atoms with van der Waals surface area (Å²) < 4.78 is 10.5. The molecule has 2 N–H and O–H groups in total. The van der Waals surface area contributed by atoms with Gasteiger partial charge in [0.15, 0.2) is 0 Å². The van der Waals surface area contributed by atoms with Crippen molar-refractivity contribution in [2.24, 2.45) is 0 Å². The second-order valence-corrected chi connectivity index (χ2v) is 3.72. The Hall–Kier alpha value is -0.940. The van der Waals surface area contributed by atoms with Gasteiger partial charge in [-0.15, -0.1) is 0 Å². The number of epoxide rings is 2. The molecule has 3 rings (SSSR count). The molecule has 2 unspecified atom stereocenters. The fourth-order valence-electron chi connectivity index (χ4n) is 1.55. The van der Waals surface area contributed by atoms with Gasteiger partial charge in [0.2, 0.25) is 0 Å². The molecule has 2 fully saturated rings. The Morgan fingerprint density at radius 2 is 1.31 bits per heavy atom. The van der Waals surface area contributed by atoms with Gasteiger partial charge in [0.25, 0.3) is 0 Å². The molecule has 2 atom stereocenters. The van der Waals surface area contributed by atoms with E-state index in [2.05, 4.69) is 24.3 Å². The molecule has 4 nitrogen and oxygen atoms in total. The summed E-state index contributed by atoms with van der Waals surface area (Å²) in [6.45, 7) is 1.51. The molecule has 0 radical (unpaired) electrons. The lowest BCUT2D eigenvalue weighted by molar-refractivity contribution is 0.186. The van der Waals surface area contributed by atoms with Crippen LogP contribution in [0.5, 0.6) is 0 Å². The van der Waals surface area contributed by atoms with Crippen LogP contribution >= 0.6 is 0 Å². The summed E-state index contributed by atoms with van der Waals surface area (Å²) in [6.07, 6.45) is 0.704. The molecule has 2 heterocycles. The van der Waals surface area contributed by atoms with Crippen LogP contribution in [0, 0.1) is 0 Å². The fourth-order valence-corrected chi connectivity index (χ4v) is 1.55.